The summed E-state index contributed by atoms with van der Waals surface area (Å²) in [6.07, 6.45) is 1.85. The largest absolute Gasteiger partial charge is 0.481 e. The monoisotopic (exact) mass is 448 g/mol. The number of aliphatic carboxylic acids is 1. The fourth-order valence-electron chi connectivity index (χ4n) is 5.43. The third kappa shape index (κ3) is 3.16. The normalized spacial score (nSPS) is 32.1. The van der Waals surface area contributed by atoms with E-state index in [4.69, 9.17) is 16.3 Å². The number of hydrogen-bond acceptors (Lipinski definition) is 5. The van der Waals surface area contributed by atoms with Gasteiger partial charge in [0.15, 0.2) is 0 Å². The minimum absolute atomic E-state index is 0.180. The van der Waals surface area contributed by atoms with Crippen molar-refractivity contribution in [3.63, 3.8) is 0 Å². The Morgan fingerprint density at radius 1 is 1.42 bits per heavy atom. The lowest BCUT2D eigenvalue weighted by Gasteiger charge is -2.38. The van der Waals surface area contributed by atoms with Gasteiger partial charge in [-0.1, -0.05) is 17.7 Å². The van der Waals surface area contributed by atoms with Crippen LogP contribution in [0.15, 0.2) is 36.9 Å². The Morgan fingerprint density at radius 2 is 2.10 bits per heavy atom. The first-order valence-corrected chi connectivity index (χ1v) is 10.7. The van der Waals surface area contributed by atoms with Crippen LogP contribution in [-0.2, 0) is 19.1 Å². The van der Waals surface area contributed by atoms with E-state index in [2.05, 4.69) is 6.58 Å². The van der Waals surface area contributed by atoms with Crippen molar-refractivity contribution in [2.75, 3.05) is 18.1 Å². The Kier molecular flexibility index (Phi) is 5.57. The summed E-state index contributed by atoms with van der Waals surface area (Å²) in [7, 11) is 0. The number of carboxylic acids is 1. The second-order valence-electron chi connectivity index (χ2n) is 8.39. The first kappa shape index (κ1) is 21.8. The van der Waals surface area contributed by atoms with Crippen LogP contribution < -0.4 is 4.90 Å². The molecule has 3 saturated heterocycles. The number of carboxylic acid groups (broad SMARTS) is 1. The summed E-state index contributed by atoms with van der Waals surface area (Å²) in [6, 6.07) is 5.00. The summed E-state index contributed by atoms with van der Waals surface area (Å²) in [6.45, 7) is 5.19. The third-order valence-electron chi connectivity index (χ3n) is 6.71. The number of benzene rings is 1. The quantitative estimate of drug-likeness (QED) is 0.615. The molecule has 3 aliphatic rings. The first-order valence-electron chi connectivity index (χ1n) is 10.3. The zero-order valence-corrected chi connectivity index (χ0v) is 17.9. The van der Waals surface area contributed by atoms with E-state index in [1.165, 1.54) is 9.80 Å². The lowest BCUT2D eigenvalue weighted by atomic mass is 9.70. The molecular formula is C22H25ClN2O6. The summed E-state index contributed by atoms with van der Waals surface area (Å²) in [5.41, 5.74) is -0.655. The van der Waals surface area contributed by atoms with Crippen molar-refractivity contribution < 1.29 is 29.3 Å². The van der Waals surface area contributed by atoms with Crippen LogP contribution in [0.5, 0.6) is 0 Å². The number of rotatable bonds is 7. The van der Waals surface area contributed by atoms with E-state index in [0.29, 0.717) is 23.6 Å². The van der Waals surface area contributed by atoms with E-state index in [-0.39, 0.29) is 13.2 Å². The predicted octanol–water partition coefficient (Wildman–Crippen LogP) is 1.70. The van der Waals surface area contributed by atoms with Crippen LogP contribution in [0.3, 0.4) is 0 Å². The molecule has 0 saturated carbocycles. The Bertz CT molecular complexity index is 921. The molecule has 6 atom stereocenters. The Hall–Kier alpha value is -2.42. The molecule has 0 radical (unpaired) electrons. The van der Waals surface area contributed by atoms with Crippen molar-refractivity contribution in [1.82, 2.24) is 4.90 Å². The SMILES string of the molecule is C=CCN(C(=O)C1N([C@H](C)CO)C(=O)[C@@H]2[C@@H](C(=O)O)[C@H]3CCC12O3)c1ccc(Cl)cc1. The average molecular weight is 449 g/mol. The highest BCUT2D eigenvalue weighted by atomic mass is 35.5. The predicted molar refractivity (Wildman–Crippen MR) is 113 cm³/mol. The summed E-state index contributed by atoms with van der Waals surface area (Å²) in [5, 5.41) is 20.1. The number of amides is 2. The molecule has 3 heterocycles. The zero-order chi connectivity index (χ0) is 22.5. The molecule has 0 aromatic heterocycles. The Balaban J connectivity index is 1.80. The van der Waals surface area contributed by atoms with Crippen LogP contribution in [0.4, 0.5) is 5.69 Å². The molecule has 4 rings (SSSR count). The van der Waals surface area contributed by atoms with Crippen LogP contribution in [0.2, 0.25) is 5.02 Å². The summed E-state index contributed by atoms with van der Waals surface area (Å²) >= 11 is 5.99. The van der Waals surface area contributed by atoms with E-state index in [1.54, 1.807) is 37.3 Å². The van der Waals surface area contributed by atoms with Gasteiger partial charge in [-0.05, 0) is 44.0 Å². The number of carbonyl (C=O) groups excluding carboxylic acids is 2. The number of nitrogens with zero attached hydrogens (tertiary/aromatic N) is 2. The second kappa shape index (κ2) is 7.93. The third-order valence-corrected chi connectivity index (χ3v) is 6.96. The van der Waals surface area contributed by atoms with Gasteiger partial charge in [0.2, 0.25) is 5.91 Å². The molecule has 31 heavy (non-hydrogen) atoms. The minimum Gasteiger partial charge on any atom is -0.481 e. The van der Waals surface area contributed by atoms with Crippen LogP contribution in [0, 0.1) is 11.8 Å². The molecule has 1 aromatic carbocycles. The topological polar surface area (TPSA) is 107 Å². The fourth-order valence-corrected chi connectivity index (χ4v) is 5.56. The maximum atomic E-state index is 13.9. The molecule has 1 spiro atoms. The van der Waals surface area contributed by atoms with Crippen molar-refractivity contribution in [3.8, 4) is 0 Å². The van der Waals surface area contributed by atoms with E-state index >= 15 is 0 Å². The number of carbonyl (C=O) groups is 3. The standard InChI is InChI=1S/C22H25ClN2O6/c1-3-10-24(14-6-4-13(23)5-7-14)20(28)18-22-9-8-15(31-22)16(21(29)30)17(22)19(27)25(18)12(2)11-26/h3-7,12,15-18,26H,1,8-11H2,2H3,(H,29,30)/t12-,15-,16+,17+,18?,22?/m1/s1. The van der Waals surface area contributed by atoms with E-state index in [9.17, 15) is 24.6 Å². The van der Waals surface area contributed by atoms with Crippen molar-refractivity contribution in [1.29, 1.82) is 0 Å². The van der Waals surface area contributed by atoms with Crippen molar-refractivity contribution in [3.05, 3.63) is 41.9 Å². The van der Waals surface area contributed by atoms with Gasteiger partial charge < -0.3 is 24.7 Å². The summed E-state index contributed by atoms with van der Waals surface area (Å²) in [5.74, 6) is -3.91. The van der Waals surface area contributed by atoms with Crippen molar-refractivity contribution in [2.24, 2.45) is 11.8 Å². The molecule has 9 heteroatoms. The molecule has 1 aromatic rings. The van der Waals surface area contributed by atoms with Gasteiger partial charge in [0.05, 0.1) is 30.6 Å². The van der Waals surface area contributed by atoms with Gasteiger partial charge in [-0.2, -0.15) is 0 Å². The summed E-state index contributed by atoms with van der Waals surface area (Å²) in [4.78, 5) is 42.2. The van der Waals surface area contributed by atoms with Crippen LogP contribution >= 0.6 is 11.6 Å². The Morgan fingerprint density at radius 3 is 2.68 bits per heavy atom. The lowest BCUT2D eigenvalue weighted by Crippen LogP contribution is -2.58. The highest BCUT2D eigenvalue weighted by molar-refractivity contribution is 6.30. The van der Waals surface area contributed by atoms with E-state index < -0.39 is 53.4 Å². The number of ether oxygens (including phenoxy) is 1. The Labute approximate surface area is 185 Å². The molecule has 0 aliphatic carbocycles. The van der Waals surface area contributed by atoms with Gasteiger partial charge in [0.25, 0.3) is 5.91 Å². The lowest BCUT2D eigenvalue weighted by molar-refractivity contribution is -0.150. The minimum atomic E-state index is -1.23. The summed E-state index contributed by atoms with van der Waals surface area (Å²) < 4.78 is 6.15. The van der Waals surface area contributed by atoms with Gasteiger partial charge in [0, 0.05) is 17.3 Å². The maximum absolute atomic E-state index is 13.9. The van der Waals surface area contributed by atoms with Gasteiger partial charge in [-0.25, -0.2) is 0 Å². The van der Waals surface area contributed by atoms with Gasteiger partial charge >= 0.3 is 5.97 Å². The first-order chi connectivity index (χ1) is 14.8. The maximum Gasteiger partial charge on any atom is 0.310 e. The van der Waals surface area contributed by atoms with Crippen LogP contribution in [-0.4, -0.2) is 69.8 Å². The van der Waals surface area contributed by atoms with Gasteiger partial charge in [-0.3, -0.25) is 14.4 Å². The molecule has 2 N–H and O–H groups in total. The van der Waals surface area contributed by atoms with E-state index in [0.717, 1.165) is 0 Å². The highest BCUT2D eigenvalue weighted by Crippen LogP contribution is 2.59. The molecule has 166 valence electrons. The van der Waals surface area contributed by atoms with Crippen LogP contribution in [0.25, 0.3) is 0 Å². The smallest absolute Gasteiger partial charge is 0.310 e. The number of hydrogen-bond donors (Lipinski definition) is 2. The molecule has 2 amide bonds. The molecule has 3 aliphatic heterocycles. The van der Waals surface area contributed by atoms with E-state index in [1.807, 2.05) is 0 Å². The number of aliphatic hydroxyl groups is 1. The second-order valence-corrected chi connectivity index (χ2v) is 8.82. The average Bonchev–Trinajstić information content (AvgIpc) is 3.39. The molecule has 2 bridgehead atoms. The zero-order valence-electron chi connectivity index (χ0n) is 17.1. The number of anilines is 1. The highest BCUT2D eigenvalue weighted by Gasteiger charge is 2.75. The fraction of sp³-hybridized carbons (Fsp3) is 0.500. The number of fused-ring (bicyclic) bond motifs is 1. The molecule has 2 unspecified atom stereocenters. The molecular weight excluding hydrogens is 424 g/mol. The molecule has 8 nitrogen and oxygen atoms in total. The number of aliphatic hydroxyl groups excluding tert-OH is 1. The van der Waals surface area contributed by atoms with Crippen molar-refractivity contribution in [2.45, 2.75) is 43.6 Å². The van der Waals surface area contributed by atoms with Crippen molar-refractivity contribution >= 4 is 35.1 Å². The number of likely N-dealkylation sites (tertiary alicyclic amines) is 1. The van der Waals surface area contributed by atoms with Crippen LogP contribution in [0.1, 0.15) is 19.8 Å². The molecule has 3 fully saturated rings. The van der Waals surface area contributed by atoms with Gasteiger partial charge in [0.1, 0.15) is 11.6 Å². The van der Waals surface area contributed by atoms with Gasteiger partial charge in [-0.15, -0.1) is 6.58 Å². The number of halogens is 1.